The molecule has 0 aromatic heterocycles. The molecule has 4 heteroatoms. The SMILES string of the molecule is CC(C)C(=O)N1CCC2(CC1)CCC(O)(CN1CCc3ccccc31)CC2. The van der Waals surface area contributed by atoms with Gasteiger partial charge >= 0.3 is 0 Å². The second-order valence-electron chi connectivity index (χ2n) is 9.50. The minimum atomic E-state index is -0.562. The molecule has 0 bridgehead atoms. The maximum Gasteiger partial charge on any atom is 0.225 e. The summed E-state index contributed by atoms with van der Waals surface area (Å²) in [7, 11) is 0. The van der Waals surface area contributed by atoms with Gasteiger partial charge in [0.05, 0.1) is 5.60 Å². The van der Waals surface area contributed by atoms with Crippen molar-refractivity contribution < 1.29 is 9.90 Å². The van der Waals surface area contributed by atoms with Crippen LogP contribution in [0.4, 0.5) is 5.69 Å². The van der Waals surface area contributed by atoms with Gasteiger partial charge in [-0.25, -0.2) is 0 Å². The van der Waals surface area contributed by atoms with E-state index in [0.717, 1.165) is 71.1 Å². The van der Waals surface area contributed by atoms with E-state index < -0.39 is 5.60 Å². The molecule has 3 aliphatic rings. The first kappa shape index (κ1) is 18.8. The third-order valence-electron chi connectivity index (χ3n) is 7.34. The molecule has 0 unspecified atom stereocenters. The van der Waals surface area contributed by atoms with Crippen LogP contribution in [0.2, 0.25) is 0 Å². The summed E-state index contributed by atoms with van der Waals surface area (Å²) in [5.41, 5.74) is 2.51. The average Bonchev–Trinajstić information content (AvgIpc) is 3.07. The van der Waals surface area contributed by atoms with Crippen LogP contribution in [0, 0.1) is 11.3 Å². The Morgan fingerprint density at radius 2 is 1.70 bits per heavy atom. The van der Waals surface area contributed by atoms with Crippen LogP contribution < -0.4 is 4.90 Å². The molecule has 1 aliphatic carbocycles. The molecule has 1 aromatic carbocycles. The first-order chi connectivity index (χ1) is 12.9. The molecule has 2 heterocycles. The highest BCUT2D eigenvalue weighted by atomic mass is 16.3. The highest BCUT2D eigenvalue weighted by Crippen LogP contribution is 2.48. The number of para-hydroxylation sites is 1. The van der Waals surface area contributed by atoms with Gasteiger partial charge in [-0.15, -0.1) is 0 Å². The Morgan fingerprint density at radius 1 is 1.04 bits per heavy atom. The molecule has 0 radical (unpaired) electrons. The number of piperidine rings is 1. The average molecular weight is 371 g/mol. The Labute approximate surface area is 163 Å². The zero-order valence-electron chi connectivity index (χ0n) is 16.9. The molecule has 0 atom stereocenters. The van der Waals surface area contributed by atoms with Gasteiger partial charge in [0.2, 0.25) is 5.91 Å². The maximum absolute atomic E-state index is 12.2. The number of fused-ring (bicyclic) bond motifs is 1. The number of hydrogen-bond donors (Lipinski definition) is 1. The molecular formula is C23H34N2O2. The van der Waals surface area contributed by atoms with Gasteiger partial charge in [0, 0.05) is 37.8 Å². The van der Waals surface area contributed by atoms with Crippen LogP contribution in [-0.2, 0) is 11.2 Å². The number of carbonyl (C=O) groups excluding carboxylic acids is 1. The number of likely N-dealkylation sites (tertiary alicyclic amines) is 1. The predicted molar refractivity (Wildman–Crippen MR) is 109 cm³/mol. The van der Waals surface area contributed by atoms with E-state index in [1.165, 1.54) is 11.3 Å². The Hall–Kier alpha value is -1.55. The first-order valence-electron chi connectivity index (χ1n) is 10.7. The van der Waals surface area contributed by atoms with E-state index in [-0.39, 0.29) is 5.92 Å². The smallest absolute Gasteiger partial charge is 0.225 e. The van der Waals surface area contributed by atoms with Crippen molar-refractivity contribution in [2.24, 2.45) is 11.3 Å². The van der Waals surface area contributed by atoms with Crippen molar-refractivity contribution in [3.05, 3.63) is 29.8 Å². The van der Waals surface area contributed by atoms with Crippen LogP contribution in [0.3, 0.4) is 0 Å². The Morgan fingerprint density at radius 3 is 2.37 bits per heavy atom. The molecule has 1 N–H and O–H groups in total. The lowest BCUT2D eigenvalue weighted by Crippen LogP contribution is -2.51. The number of rotatable bonds is 3. The molecule has 4 nitrogen and oxygen atoms in total. The van der Waals surface area contributed by atoms with Crippen molar-refractivity contribution in [1.82, 2.24) is 4.90 Å². The van der Waals surface area contributed by atoms with Gasteiger partial charge < -0.3 is 14.9 Å². The summed E-state index contributed by atoms with van der Waals surface area (Å²) in [4.78, 5) is 16.7. The van der Waals surface area contributed by atoms with Crippen molar-refractivity contribution in [3.63, 3.8) is 0 Å². The molecule has 4 rings (SSSR count). The Bertz CT molecular complexity index is 681. The van der Waals surface area contributed by atoms with Crippen LogP contribution in [0.25, 0.3) is 0 Å². The normalized spacial score (nSPS) is 23.7. The number of nitrogens with zero attached hydrogens (tertiary/aromatic N) is 2. The fourth-order valence-corrected chi connectivity index (χ4v) is 5.40. The number of anilines is 1. The standard InChI is InChI=1S/C23H34N2O2/c1-18(2)21(26)24-15-12-22(13-16-24)8-10-23(27,11-9-22)17-25-14-7-19-5-3-4-6-20(19)25/h3-6,18,27H,7-17H2,1-2H3. The summed E-state index contributed by atoms with van der Waals surface area (Å²) in [5.74, 6) is 0.392. The number of aliphatic hydroxyl groups is 1. The summed E-state index contributed by atoms with van der Waals surface area (Å²) >= 11 is 0. The van der Waals surface area contributed by atoms with Gasteiger partial charge in [-0.05, 0) is 62.0 Å². The molecule has 27 heavy (non-hydrogen) atoms. The summed E-state index contributed by atoms with van der Waals surface area (Å²) in [5, 5.41) is 11.3. The van der Waals surface area contributed by atoms with E-state index in [0.29, 0.717) is 11.3 Å². The lowest BCUT2D eigenvalue weighted by Gasteiger charge is -2.49. The number of β-amino-alcohol motifs (C(OH)–C–C–N with tert-alkyl or cyclic N) is 1. The van der Waals surface area contributed by atoms with Gasteiger partial charge in [-0.1, -0.05) is 32.0 Å². The topological polar surface area (TPSA) is 43.8 Å². The Balaban J connectivity index is 1.33. The molecule has 1 amide bonds. The molecule has 2 aliphatic heterocycles. The third kappa shape index (κ3) is 3.73. The summed E-state index contributed by atoms with van der Waals surface area (Å²) in [6.07, 6.45) is 7.29. The van der Waals surface area contributed by atoms with Crippen molar-refractivity contribution in [2.45, 2.75) is 64.4 Å². The molecule has 1 saturated heterocycles. The fraction of sp³-hybridized carbons (Fsp3) is 0.696. The van der Waals surface area contributed by atoms with Crippen LogP contribution in [-0.4, -0.2) is 47.7 Å². The number of carbonyl (C=O) groups is 1. The number of hydrogen-bond acceptors (Lipinski definition) is 3. The zero-order chi connectivity index (χ0) is 19.1. The third-order valence-corrected chi connectivity index (χ3v) is 7.34. The van der Waals surface area contributed by atoms with E-state index >= 15 is 0 Å². The van der Waals surface area contributed by atoms with Crippen LogP contribution >= 0.6 is 0 Å². The lowest BCUT2D eigenvalue weighted by molar-refractivity contribution is -0.138. The van der Waals surface area contributed by atoms with Gasteiger partial charge in [-0.2, -0.15) is 0 Å². The second kappa shape index (κ2) is 7.12. The molecule has 1 aromatic rings. The number of amides is 1. The van der Waals surface area contributed by atoms with Crippen LogP contribution in [0.15, 0.2) is 24.3 Å². The minimum Gasteiger partial charge on any atom is -0.388 e. The maximum atomic E-state index is 12.2. The number of benzene rings is 1. The summed E-state index contributed by atoms with van der Waals surface area (Å²) in [6.45, 7) is 7.56. The predicted octanol–water partition coefficient (Wildman–Crippen LogP) is 3.62. The van der Waals surface area contributed by atoms with Gasteiger partial charge in [0.15, 0.2) is 0 Å². The molecular weight excluding hydrogens is 336 g/mol. The van der Waals surface area contributed by atoms with E-state index in [1.807, 2.05) is 13.8 Å². The van der Waals surface area contributed by atoms with E-state index in [9.17, 15) is 9.90 Å². The van der Waals surface area contributed by atoms with Crippen LogP contribution in [0.1, 0.15) is 57.9 Å². The van der Waals surface area contributed by atoms with Crippen molar-refractivity contribution >= 4 is 11.6 Å². The quantitative estimate of drug-likeness (QED) is 0.884. The minimum absolute atomic E-state index is 0.0961. The first-order valence-corrected chi connectivity index (χ1v) is 10.7. The molecule has 2 fully saturated rings. The molecule has 1 spiro atoms. The highest BCUT2D eigenvalue weighted by molar-refractivity contribution is 5.78. The van der Waals surface area contributed by atoms with Gasteiger partial charge in [-0.3, -0.25) is 4.79 Å². The van der Waals surface area contributed by atoms with Crippen LogP contribution in [0.5, 0.6) is 0 Å². The largest absolute Gasteiger partial charge is 0.388 e. The second-order valence-corrected chi connectivity index (χ2v) is 9.50. The van der Waals surface area contributed by atoms with Crippen molar-refractivity contribution in [1.29, 1.82) is 0 Å². The summed E-state index contributed by atoms with van der Waals surface area (Å²) in [6, 6.07) is 8.61. The van der Waals surface area contributed by atoms with E-state index in [2.05, 4.69) is 34.1 Å². The summed E-state index contributed by atoms with van der Waals surface area (Å²) < 4.78 is 0. The monoisotopic (exact) mass is 370 g/mol. The Kier molecular flexibility index (Phi) is 4.96. The highest BCUT2D eigenvalue weighted by Gasteiger charge is 2.44. The van der Waals surface area contributed by atoms with Gasteiger partial charge in [0.25, 0.3) is 0 Å². The zero-order valence-corrected chi connectivity index (χ0v) is 16.9. The fourth-order valence-electron chi connectivity index (χ4n) is 5.40. The molecule has 148 valence electrons. The van der Waals surface area contributed by atoms with E-state index in [4.69, 9.17) is 0 Å². The van der Waals surface area contributed by atoms with E-state index in [1.54, 1.807) is 0 Å². The molecule has 1 saturated carbocycles. The lowest BCUT2D eigenvalue weighted by atomic mass is 9.64. The van der Waals surface area contributed by atoms with Crippen molar-refractivity contribution in [2.75, 3.05) is 31.1 Å². The van der Waals surface area contributed by atoms with Gasteiger partial charge in [0.1, 0.15) is 0 Å². The van der Waals surface area contributed by atoms with Crippen molar-refractivity contribution in [3.8, 4) is 0 Å².